The Morgan fingerprint density at radius 2 is 1.85 bits per heavy atom. The van der Waals surface area contributed by atoms with E-state index in [-0.39, 0.29) is 5.91 Å². The number of amides is 1. The molecule has 0 bridgehead atoms. The van der Waals surface area contributed by atoms with E-state index in [1.165, 1.54) is 11.3 Å². The predicted molar refractivity (Wildman–Crippen MR) is 113 cm³/mol. The zero-order valence-electron chi connectivity index (χ0n) is 14.7. The van der Waals surface area contributed by atoms with E-state index < -0.39 is 0 Å². The zero-order chi connectivity index (χ0) is 19.0. The molecule has 0 atom stereocenters. The Morgan fingerprint density at radius 3 is 2.56 bits per heavy atom. The monoisotopic (exact) mass is 420 g/mol. The number of nitrogens with zero attached hydrogens (tertiary/aromatic N) is 2. The van der Waals surface area contributed by atoms with Crippen LogP contribution in [-0.2, 0) is 0 Å². The molecular weight excluding hydrogens is 403 g/mol. The second-order valence-corrected chi connectivity index (χ2v) is 8.23. The summed E-state index contributed by atoms with van der Waals surface area (Å²) in [5.41, 5.74) is 1.08. The van der Waals surface area contributed by atoms with Crippen molar-refractivity contribution in [3.05, 3.63) is 57.4 Å². The molecule has 1 aromatic heterocycles. The van der Waals surface area contributed by atoms with Gasteiger partial charge < -0.3 is 14.5 Å². The SMILES string of the molecule is COc1ccc2sc(C(=O)N3CCN(c4cccc(Cl)c4)CC3)c(Cl)c2c1. The molecule has 3 aromatic rings. The fourth-order valence-corrected chi connectivity index (χ4v) is 4.93. The minimum atomic E-state index is -0.00842. The van der Waals surface area contributed by atoms with E-state index in [4.69, 9.17) is 27.9 Å². The van der Waals surface area contributed by atoms with Crippen LogP contribution in [0, 0.1) is 0 Å². The van der Waals surface area contributed by atoms with Gasteiger partial charge in [0.25, 0.3) is 5.91 Å². The molecule has 0 radical (unpaired) electrons. The molecule has 0 saturated carbocycles. The molecule has 2 heterocycles. The summed E-state index contributed by atoms with van der Waals surface area (Å²) in [5.74, 6) is 0.724. The van der Waals surface area contributed by atoms with Crippen LogP contribution in [0.5, 0.6) is 5.75 Å². The van der Waals surface area contributed by atoms with E-state index in [0.29, 0.717) is 23.0 Å². The number of piperazine rings is 1. The standard InChI is InChI=1S/C20H18Cl2N2O2S/c1-26-15-5-6-17-16(12-15)18(22)19(27-17)20(25)24-9-7-23(8-10-24)14-4-2-3-13(21)11-14/h2-6,11-12H,7-10H2,1H3. The Morgan fingerprint density at radius 1 is 1.07 bits per heavy atom. The average molecular weight is 421 g/mol. The van der Waals surface area contributed by atoms with Gasteiger partial charge in [0, 0.05) is 47.0 Å². The fourth-order valence-electron chi connectivity index (χ4n) is 3.30. The van der Waals surface area contributed by atoms with Crippen LogP contribution >= 0.6 is 34.5 Å². The van der Waals surface area contributed by atoms with Gasteiger partial charge in [-0.3, -0.25) is 4.79 Å². The van der Waals surface area contributed by atoms with Gasteiger partial charge in [-0.1, -0.05) is 29.3 Å². The number of methoxy groups -OCH3 is 1. The van der Waals surface area contributed by atoms with Crippen molar-refractivity contribution in [1.82, 2.24) is 4.90 Å². The van der Waals surface area contributed by atoms with Crippen LogP contribution in [0.4, 0.5) is 5.69 Å². The number of fused-ring (bicyclic) bond motifs is 1. The van der Waals surface area contributed by atoms with E-state index >= 15 is 0 Å². The molecule has 2 aromatic carbocycles. The van der Waals surface area contributed by atoms with Gasteiger partial charge in [-0.2, -0.15) is 0 Å². The van der Waals surface area contributed by atoms with Crippen LogP contribution < -0.4 is 9.64 Å². The van der Waals surface area contributed by atoms with Crippen molar-refractivity contribution in [2.45, 2.75) is 0 Å². The predicted octanol–water partition coefficient (Wildman–Crippen LogP) is 5.18. The number of rotatable bonds is 3. The highest BCUT2D eigenvalue weighted by Gasteiger charge is 2.26. The lowest BCUT2D eigenvalue weighted by molar-refractivity contribution is 0.0752. The highest BCUT2D eigenvalue weighted by molar-refractivity contribution is 7.21. The van der Waals surface area contributed by atoms with E-state index in [0.717, 1.165) is 39.6 Å². The number of benzene rings is 2. The van der Waals surface area contributed by atoms with Crippen LogP contribution in [0.15, 0.2) is 42.5 Å². The van der Waals surface area contributed by atoms with Crippen molar-refractivity contribution in [2.24, 2.45) is 0 Å². The molecule has 0 spiro atoms. The van der Waals surface area contributed by atoms with Crippen molar-refractivity contribution in [2.75, 3.05) is 38.2 Å². The Hall–Kier alpha value is -1.95. The summed E-state index contributed by atoms with van der Waals surface area (Å²) in [6.45, 7) is 2.84. The lowest BCUT2D eigenvalue weighted by Gasteiger charge is -2.36. The maximum atomic E-state index is 13.0. The summed E-state index contributed by atoms with van der Waals surface area (Å²) in [7, 11) is 1.62. The molecule has 1 amide bonds. The maximum absolute atomic E-state index is 13.0. The van der Waals surface area contributed by atoms with E-state index in [1.54, 1.807) is 7.11 Å². The highest BCUT2D eigenvalue weighted by atomic mass is 35.5. The van der Waals surface area contributed by atoms with E-state index in [2.05, 4.69) is 4.90 Å². The summed E-state index contributed by atoms with van der Waals surface area (Å²) < 4.78 is 6.25. The van der Waals surface area contributed by atoms with Crippen LogP contribution in [0.25, 0.3) is 10.1 Å². The number of anilines is 1. The first-order chi connectivity index (χ1) is 13.1. The second kappa shape index (κ2) is 7.58. The minimum absolute atomic E-state index is 0.00842. The molecule has 27 heavy (non-hydrogen) atoms. The molecule has 0 unspecified atom stereocenters. The Balaban J connectivity index is 1.51. The fraction of sp³-hybridized carbons (Fsp3) is 0.250. The second-order valence-electron chi connectivity index (χ2n) is 6.37. The number of hydrogen-bond acceptors (Lipinski definition) is 4. The Labute approximate surface area is 171 Å². The quantitative estimate of drug-likeness (QED) is 0.584. The lowest BCUT2D eigenvalue weighted by atomic mass is 10.2. The van der Waals surface area contributed by atoms with Gasteiger partial charge >= 0.3 is 0 Å². The van der Waals surface area contributed by atoms with E-state index in [1.807, 2.05) is 47.4 Å². The van der Waals surface area contributed by atoms with Crippen LogP contribution in [0.3, 0.4) is 0 Å². The molecule has 1 aliphatic heterocycles. The average Bonchev–Trinajstić information content (AvgIpc) is 3.03. The topological polar surface area (TPSA) is 32.8 Å². The first-order valence-corrected chi connectivity index (χ1v) is 10.2. The first kappa shape index (κ1) is 18.4. The summed E-state index contributed by atoms with van der Waals surface area (Å²) in [5, 5.41) is 2.09. The lowest BCUT2D eigenvalue weighted by Crippen LogP contribution is -2.48. The van der Waals surface area contributed by atoms with Crippen molar-refractivity contribution in [3.63, 3.8) is 0 Å². The summed E-state index contributed by atoms with van der Waals surface area (Å²) in [4.78, 5) is 17.7. The van der Waals surface area contributed by atoms with Gasteiger partial charge in [0.1, 0.15) is 10.6 Å². The number of thiophene rings is 1. The normalized spacial score (nSPS) is 14.6. The van der Waals surface area contributed by atoms with Crippen molar-refractivity contribution < 1.29 is 9.53 Å². The van der Waals surface area contributed by atoms with Crippen LogP contribution in [0.1, 0.15) is 9.67 Å². The smallest absolute Gasteiger partial charge is 0.265 e. The first-order valence-electron chi connectivity index (χ1n) is 8.62. The van der Waals surface area contributed by atoms with Crippen molar-refractivity contribution in [3.8, 4) is 5.75 Å². The van der Waals surface area contributed by atoms with Crippen molar-refractivity contribution >= 4 is 56.2 Å². The molecule has 1 saturated heterocycles. The molecule has 1 aliphatic rings. The number of halogens is 2. The number of ether oxygens (including phenoxy) is 1. The van der Waals surface area contributed by atoms with Gasteiger partial charge in [0.2, 0.25) is 0 Å². The summed E-state index contributed by atoms with van der Waals surface area (Å²) in [6.07, 6.45) is 0. The summed E-state index contributed by atoms with van der Waals surface area (Å²) >= 11 is 14.0. The van der Waals surface area contributed by atoms with Crippen LogP contribution in [0.2, 0.25) is 10.0 Å². The Bertz CT molecular complexity index is 997. The third-order valence-corrected chi connectivity index (χ3v) is 6.67. The van der Waals surface area contributed by atoms with Gasteiger partial charge in [0.15, 0.2) is 0 Å². The summed E-state index contributed by atoms with van der Waals surface area (Å²) in [6, 6.07) is 13.5. The zero-order valence-corrected chi connectivity index (χ0v) is 17.1. The molecule has 4 rings (SSSR count). The molecule has 4 nitrogen and oxygen atoms in total. The number of carbonyl (C=O) groups excluding carboxylic acids is 1. The number of hydrogen-bond donors (Lipinski definition) is 0. The molecular formula is C20H18Cl2N2O2S. The third kappa shape index (κ3) is 3.59. The van der Waals surface area contributed by atoms with Gasteiger partial charge in [-0.15, -0.1) is 11.3 Å². The highest BCUT2D eigenvalue weighted by Crippen LogP contribution is 2.38. The van der Waals surface area contributed by atoms with E-state index in [9.17, 15) is 4.79 Å². The molecule has 0 N–H and O–H groups in total. The largest absolute Gasteiger partial charge is 0.497 e. The van der Waals surface area contributed by atoms with Gasteiger partial charge in [-0.25, -0.2) is 0 Å². The third-order valence-electron chi connectivity index (χ3n) is 4.77. The maximum Gasteiger partial charge on any atom is 0.265 e. The molecule has 7 heteroatoms. The van der Waals surface area contributed by atoms with Gasteiger partial charge in [-0.05, 0) is 36.4 Å². The molecule has 140 valence electrons. The molecule has 1 fully saturated rings. The van der Waals surface area contributed by atoms with Crippen LogP contribution in [-0.4, -0.2) is 44.1 Å². The Kier molecular flexibility index (Phi) is 5.17. The minimum Gasteiger partial charge on any atom is -0.497 e. The van der Waals surface area contributed by atoms with Crippen molar-refractivity contribution in [1.29, 1.82) is 0 Å². The van der Waals surface area contributed by atoms with Gasteiger partial charge in [0.05, 0.1) is 12.1 Å². The molecule has 0 aliphatic carbocycles. The number of carbonyl (C=O) groups is 1.